The van der Waals surface area contributed by atoms with Crippen LogP contribution in [0.5, 0.6) is 0 Å². The summed E-state index contributed by atoms with van der Waals surface area (Å²) in [4.78, 5) is 1.90. The molecule has 588 valence electrons. The van der Waals surface area contributed by atoms with Gasteiger partial charge in [0.15, 0.2) is 0 Å². The summed E-state index contributed by atoms with van der Waals surface area (Å²) in [6.45, 7) is 0. The van der Waals surface area contributed by atoms with E-state index in [1.807, 2.05) is 0 Å². The maximum absolute atomic E-state index is 9.72. The van der Waals surface area contributed by atoms with Gasteiger partial charge in [-0.3, -0.25) is 0 Å². The minimum absolute atomic E-state index is 0.154. The minimum Gasteiger partial charge on any atom is -0.311 e. The minimum atomic E-state index is -1.51. The van der Waals surface area contributed by atoms with Crippen molar-refractivity contribution in [1.29, 1.82) is 0 Å². The largest absolute Gasteiger partial charge is 0.311 e. The van der Waals surface area contributed by atoms with E-state index in [1.165, 1.54) is 48.5 Å². The molecular formula is C120H88N4. The fourth-order valence-corrected chi connectivity index (χ4v) is 11.4. The highest BCUT2D eigenvalue weighted by Crippen LogP contribution is 2.45. The highest BCUT2D eigenvalue weighted by atomic mass is 15.2. The monoisotopic (exact) mass is 1670 g/mol. The molecule has 20 rings (SSSR count). The zero-order valence-corrected chi connectivity index (χ0v) is 62.4. The molecule has 0 aromatic heterocycles. The number of hydrogen-bond acceptors (Lipinski definition) is 4. The van der Waals surface area contributed by atoms with Crippen molar-refractivity contribution in [1.82, 2.24) is 0 Å². The van der Waals surface area contributed by atoms with Crippen molar-refractivity contribution in [2.75, 3.05) is 19.6 Å². The van der Waals surface area contributed by atoms with E-state index in [2.05, 4.69) is 0 Å². The van der Waals surface area contributed by atoms with Crippen LogP contribution in [0.1, 0.15) is 110 Å². The van der Waals surface area contributed by atoms with E-state index >= 15 is 0 Å². The first-order chi connectivity index (χ1) is 94.8. The summed E-state index contributed by atoms with van der Waals surface area (Å²) in [5.41, 5.74) is -27.3. The molecule has 0 atom stereocenters. The van der Waals surface area contributed by atoms with E-state index in [0.29, 0.717) is 0 Å². The lowest BCUT2D eigenvalue weighted by Gasteiger charge is -2.27. The molecule has 0 amide bonds. The lowest BCUT2D eigenvalue weighted by Crippen LogP contribution is -2.10. The van der Waals surface area contributed by atoms with Gasteiger partial charge in [0.05, 0.1) is 110 Å². The highest BCUT2D eigenvalue weighted by Gasteiger charge is 2.21. The van der Waals surface area contributed by atoms with Crippen LogP contribution in [0.4, 0.5) is 68.2 Å². The molecule has 20 aromatic rings. The molecule has 0 aliphatic heterocycles. The van der Waals surface area contributed by atoms with Crippen LogP contribution in [-0.2, 0) is 0 Å². The molecular weight excluding hydrogens is 1500 g/mol. The SMILES string of the molecule is [2H]c1c([2H])c([2H])c(-c2c([2H])c([2H])c(N(c3c([2H])c([2H])c(-c4c([2H])c([2H])c([2H])c([2H])c4[2H])c([2H])c3[2H])c3c([2H])c([2H])c(-c4c([2H])c([2H])c(N(c5c([2H])c([2H])c(-c6c([2H])c([2H])c([2H])c([2H])c6[2H])c([2H])c5[2H])c5c([2H])c([2H])c(-c6c([2H])c([2H])c([2H])c([2H])c6[2H])c([2H])c5[2H])c([2H])c4[2H])c([2H])c3[2H])c([2H])c2[2H])c([2H])c1[2H].[2H]c1c([2H])c([2H])c(-c2c([2H])c([2H])c(N(c3ccc(-c4ccc(N(c5c([2H])c([2H])c(-c6c([2H])c([2H])c([2H])c([2H])c6[2H])c([2H])c5[2H])c5c([2H])c([2H])c(-c6c([2H])c([2H])c([2H])c([2H])c6[2H])c([2H])c5[2H])cc4)cc3)c3c([2H])c([2H])c(-c4c([2H])c([2H])c([2H])c([2H])c4[2H])c([2H])c3[2H])c([2H])c2[2H])c([2H])c1[2H]. The van der Waals surface area contributed by atoms with Crippen LogP contribution in [0.2, 0.25) is 0 Å². The Morgan fingerprint density at radius 2 is 0.185 bits per heavy atom. The zero-order chi connectivity index (χ0) is 153. The van der Waals surface area contributed by atoms with Gasteiger partial charge in [0, 0.05) is 68.2 Å². The summed E-state index contributed by atoms with van der Waals surface area (Å²) in [7, 11) is 0. The fourth-order valence-electron chi connectivity index (χ4n) is 11.4. The van der Waals surface area contributed by atoms with Crippen LogP contribution in [0.25, 0.3) is 111 Å². The van der Waals surface area contributed by atoms with Gasteiger partial charge in [-0.15, -0.1) is 0 Å². The van der Waals surface area contributed by atoms with Crippen molar-refractivity contribution in [2.45, 2.75) is 0 Å². The maximum atomic E-state index is 9.72. The molecule has 0 aliphatic rings. The second-order valence-corrected chi connectivity index (χ2v) is 24.7. The quantitative estimate of drug-likeness (QED) is 0.0670. The third kappa shape index (κ3) is 17.7. The molecule has 0 heterocycles. The van der Waals surface area contributed by atoms with Gasteiger partial charge in [-0.2, -0.15) is 0 Å². The molecule has 4 heteroatoms. The van der Waals surface area contributed by atoms with Crippen molar-refractivity contribution in [2.24, 2.45) is 0 Å². The Bertz CT molecular complexity index is 10400. The van der Waals surface area contributed by atoms with Crippen LogP contribution in [0.15, 0.2) is 532 Å². The molecule has 20 aromatic carbocycles. The number of hydrogen-bond donors (Lipinski definition) is 0. The molecule has 0 unspecified atom stereocenters. The van der Waals surface area contributed by atoms with Crippen LogP contribution in [0, 0.1) is 0 Å². The van der Waals surface area contributed by atoms with Gasteiger partial charge in [-0.25, -0.2) is 0 Å². The van der Waals surface area contributed by atoms with Crippen molar-refractivity contribution in [3.8, 4) is 111 Å². The Hall–Kier alpha value is -16.4. The van der Waals surface area contributed by atoms with Crippen LogP contribution < -0.4 is 19.6 Å². The molecule has 4 nitrogen and oxygen atoms in total. The molecule has 124 heavy (non-hydrogen) atoms. The van der Waals surface area contributed by atoms with Crippen molar-refractivity contribution in [3.05, 3.63) is 532 Å². The molecule has 0 saturated heterocycles. The molecule has 0 saturated carbocycles. The summed E-state index contributed by atoms with van der Waals surface area (Å²) in [5.74, 6) is 0. The maximum Gasteiger partial charge on any atom is 0.0645 e. The topological polar surface area (TPSA) is 13.0 Å². The van der Waals surface area contributed by atoms with Crippen molar-refractivity contribution < 1.29 is 110 Å². The number of nitrogens with zero attached hydrogens (tertiary/aromatic N) is 4. The summed E-state index contributed by atoms with van der Waals surface area (Å²) in [5, 5.41) is 0. The van der Waals surface area contributed by atoms with Gasteiger partial charge in [0.2, 0.25) is 0 Å². The fraction of sp³-hybridized carbons (Fsp3) is 0. The van der Waals surface area contributed by atoms with Crippen molar-refractivity contribution in [3.63, 3.8) is 0 Å². The molecule has 0 aliphatic carbocycles. The van der Waals surface area contributed by atoms with Gasteiger partial charge < -0.3 is 19.6 Å². The summed E-state index contributed by atoms with van der Waals surface area (Å²) in [6.07, 6.45) is 0. The van der Waals surface area contributed by atoms with Gasteiger partial charge in [-0.05, 0) is 256 Å². The number of benzene rings is 20. The van der Waals surface area contributed by atoms with Gasteiger partial charge in [0.25, 0.3) is 0 Å². The first-order valence-corrected chi connectivity index (χ1v) is 35.8. The van der Waals surface area contributed by atoms with E-state index in [-0.39, 0.29) is 32.3 Å². The predicted molar refractivity (Wildman–Crippen MR) is 526 cm³/mol. The zero-order valence-electron chi connectivity index (χ0n) is 142. The number of rotatable bonds is 22. The van der Waals surface area contributed by atoms with Crippen molar-refractivity contribution >= 4 is 68.2 Å². The molecule has 0 fully saturated rings. The third-order valence-corrected chi connectivity index (χ3v) is 17.2. The standard InChI is InChI=1S/2C60H44N2/c2*1-5-13-45(14-6-1)49-21-33-55(34-22-49)61(56-35-23-50(24-36-56)46-15-7-2-8-16-46)59-41-29-53(30-42-59)54-31-43-60(44-32-54)62(57-37-25-51(26-38-57)47-17-9-3-10-18-47)58-39-27-52(28-40-58)48-19-11-4-12-20-48/h2*1-44H/i1D,2D,3D,4D,5D,6D,7D,8D,9D,10D,11D,12D,13D,14D,15D,16D,17D,18D,19D,20D,21D,22D,23D,24D,25D,26D,27D,28D,29D,30D,31D,32D,33D,34D,35D,36D,37D,38D,39D,40D,41D,42D,43D,44D;1D,2D,3D,4D,5D,6D,7D,8D,9D,10D,11D,12D,13D,14D,15D,16D,17D,18D,19D,20D,21D,22D,23D,24D,25D,26D,27D,28D,33D,34D,35D,36D,37D,38D,39D,40D. The second-order valence-electron chi connectivity index (χ2n) is 24.7. The normalized spacial score (nSPS) is 19.9. The summed E-state index contributed by atoms with van der Waals surface area (Å²) < 4.78 is 713. The van der Waals surface area contributed by atoms with E-state index in [9.17, 15) is 54.8 Å². The first-order valence-electron chi connectivity index (χ1n) is 75.8. The third-order valence-electron chi connectivity index (χ3n) is 17.2. The van der Waals surface area contributed by atoms with Gasteiger partial charge in [0.1, 0.15) is 0 Å². The predicted octanol–water partition coefficient (Wildman–Crippen LogP) is 33.9. The Labute approximate surface area is 840 Å². The first kappa shape index (κ1) is 28.9. The Morgan fingerprint density at radius 3 is 0.298 bits per heavy atom. The van der Waals surface area contributed by atoms with E-state index in [0.717, 1.165) is 9.80 Å². The Balaban J connectivity index is 0.000000242. The van der Waals surface area contributed by atoms with Gasteiger partial charge in [-0.1, -0.05) is 387 Å². The molecule has 0 N–H and O–H groups in total. The lowest BCUT2D eigenvalue weighted by molar-refractivity contribution is 1.28. The second kappa shape index (κ2) is 36.9. The lowest BCUT2D eigenvalue weighted by atomic mass is 10.0. The molecule has 0 spiro atoms. The van der Waals surface area contributed by atoms with E-state index < -0.39 is 640 Å². The van der Waals surface area contributed by atoms with Crippen LogP contribution >= 0.6 is 0 Å². The average molecular weight is 1670 g/mol. The highest BCUT2D eigenvalue weighted by molar-refractivity contribution is 5.88. The number of anilines is 12. The van der Waals surface area contributed by atoms with E-state index in [1.54, 1.807) is 0 Å². The Morgan fingerprint density at radius 1 is 0.0887 bits per heavy atom. The Kier molecular flexibility index (Phi) is 8.60. The smallest absolute Gasteiger partial charge is 0.0645 e. The van der Waals surface area contributed by atoms with E-state index in [4.69, 9.17) is 54.8 Å². The summed E-state index contributed by atoms with van der Waals surface area (Å²) >= 11 is 0. The van der Waals surface area contributed by atoms with Crippen LogP contribution in [0.3, 0.4) is 0 Å². The molecule has 0 bridgehead atoms. The average Bonchev–Trinajstić information content (AvgIpc) is 0.702. The molecule has 0 radical (unpaired) electrons. The summed E-state index contributed by atoms with van der Waals surface area (Å²) in [6, 6.07) is -77.2. The van der Waals surface area contributed by atoms with Gasteiger partial charge >= 0.3 is 0 Å². The van der Waals surface area contributed by atoms with Crippen LogP contribution in [-0.4, -0.2) is 0 Å².